The monoisotopic (exact) mass is 294 g/mol. The third-order valence-electron chi connectivity index (χ3n) is 4.06. The topological polar surface area (TPSA) is 44.8 Å². The van der Waals surface area contributed by atoms with Gasteiger partial charge < -0.3 is 14.2 Å². The number of hydrogen-bond acceptors (Lipinski definition) is 4. The number of carbonyl (C=O) groups is 1. The molecule has 0 aromatic heterocycles. The van der Waals surface area contributed by atoms with Crippen molar-refractivity contribution in [2.24, 2.45) is 0 Å². The predicted molar refractivity (Wildman–Crippen MR) is 79.7 cm³/mol. The number of esters is 1. The van der Waals surface area contributed by atoms with Crippen LogP contribution < -0.4 is 9.47 Å². The SMILES string of the molecule is C=C1C(=O)OC(c2ccc3c(c2)OCO3)C1c1ccccc1. The Morgan fingerprint density at radius 3 is 2.55 bits per heavy atom. The van der Waals surface area contributed by atoms with Crippen LogP contribution in [0.15, 0.2) is 60.7 Å². The number of fused-ring (bicyclic) bond motifs is 1. The van der Waals surface area contributed by atoms with Gasteiger partial charge in [-0.15, -0.1) is 0 Å². The molecule has 0 N–H and O–H groups in total. The first-order valence-corrected chi connectivity index (χ1v) is 7.08. The van der Waals surface area contributed by atoms with E-state index in [-0.39, 0.29) is 18.7 Å². The highest BCUT2D eigenvalue weighted by molar-refractivity contribution is 5.92. The maximum absolute atomic E-state index is 12.0. The molecule has 2 unspecified atom stereocenters. The summed E-state index contributed by atoms with van der Waals surface area (Å²) in [4.78, 5) is 12.0. The summed E-state index contributed by atoms with van der Waals surface area (Å²) in [5.74, 6) is 0.853. The first-order chi connectivity index (χ1) is 10.7. The van der Waals surface area contributed by atoms with Gasteiger partial charge in [0.1, 0.15) is 6.10 Å². The summed E-state index contributed by atoms with van der Waals surface area (Å²) < 4.78 is 16.3. The molecule has 0 radical (unpaired) electrons. The van der Waals surface area contributed by atoms with Crippen LogP contribution in [-0.2, 0) is 9.53 Å². The Labute approximate surface area is 127 Å². The summed E-state index contributed by atoms with van der Waals surface area (Å²) in [7, 11) is 0. The van der Waals surface area contributed by atoms with Crippen LogP contribution in [0.4, 0.5) is 0 Å². The van der Waals surface area contributed by atoms with Gasteiger partial charge in [-0.2, -0.15) is 0 Å². The largest absolute Gasteiger partial charge is 0.454 e. The summed E-state index contributed by atoms with van der Waals surface area (Å²) >= 11 is 0. The fraction of sp³-hybridized carbons (Fsp3) is 0.167. The lowest BCUT2D eigenvalue weighted by atomic mass is 9.86. The average molecular weight is 294 g/mol. The van der Waals surface area contributed by atoms with E-state index in [1.165, 1.54) is 0 Å². The highest BCUT2D eigenvalue weighted by Crippen LogP contribution is 2.46. The minimum atomic E-state index is -0.392. The summed E-state index contributed by atoms with van der Waals surface area (Å²) in [5.41, 5.74) is 2.37. The molecule has 1 saturated heterocycles. The van der Waals surface area contributed by atoms with E-state index in [4.69, 9.17) is 14.2 Å². The van der Waals surface area contributed by atoms with E-state index in [1.807, 2.05) is 48.5 Å². The Balaban J connectivity index is 1.76. The van der Waals surface area contributed by atoms with Crippen LogP contribution in [0, 0.1) is 0 Å². The van der Waals surface area contributed by atoms with Gasteiger partial charge in [-0.1, -0.05) is 43.0 Å². The van der Waals surface area contributed by atoms with Crippen molar-refractivity contribution < 1.29 is 19.0 Å². The van der Waals surface area contributed by atoms with E-state index >= 15 is 0 Å². The molecule has 0 bridgehead atoms. The van der Waals surface area contributed by atoms with Crippen LogP contribution in [0.25, 0.3) is 0 Å². The molecular formula is C18H14O4. The van der Waals surface area contributed by atoms with E-state index in [0.29, 0.717) is 17.1 Å². The molecule has 0 aliphatic carbocycles. The van der Waals surface area contributed by atoms with Crippen LogP contribution >= 0.6 is 0 Å². The van der Waals surface area contributed by atoms with E-state index in [9.17, 15) is 4.79 Å². The zero-order valence-electron chi connectivity index (χ0n) is 11.8. The third kappa shape index (κ3) is 1.96. The van der Waals surface area contributed by atoms with Crippen LogP contribution in [-0.4, -0.2) is 12.8 Å². The maximum Gasteiger partial charge on any atom is 0.334 e. The quantitative estimate of drug-likeness (QED) is 0.629. The molecule has 0 saturated carbocycles. The van der Waals surface area contributed by atoms with Crippen LogP contribution in [0.2, 0.25) is 0 Å². The normalized spacial score (nSPS) is 22.7. The van der Waals surface area contributed by atoms with Crippen molar-refractivity contribution in [2.45, 2.75) is 12.0 Å². The van der Waals surface area contributed by atoms with Crippen molar-refractivity contribution in [3.8, 4) is 11.5 Å². The average Bonchev–Trinajstić information content (AvgIpc) is 3.13. The van der Waals surface area contributed by atoms with Gasteiger partial charge in [0, 0.05) is 5.57 Å². The number of benzene rings is 2. The van der Waals surface area contributed by atoms with Crippen molar-refractivity contribution in [3.05, 3.63) is 71.8 Å². The van der Waals surface area contributed by atoms with Crippen LogP contribution in [0.1, 0.15) is 23.1 Å². The molecule has 2 aliphatic rings. The first-order valence-electron chi connectivity index (χ1n) is 7.08. The van der Waals surface area contributed by atoms with Crippen LogP contribution in [0.5, 0.6) is 11.5 Å². The zero-order chi connectivity index (χ0) is 15.1. The number of rotatable bonds is 2. The second-order valence-electron chi connectivity index (χ2n) is 5.35. The Morgan fingerprint density at radius 2 is 1.73 bits per heavy atom. The van der Waals surface area contributed by atoms with Crippen molar-refractivity contribution in [1.82, 2.24) is 0 Å². The molecule has 0 amide bonds. The minimum Gasteiger partial charge on any atom is -0.454 e. The Kier molecular flexibility index (Phi) is 2.89. The Morgan fingerprint density at radius 1 is 0.955 bits per heavy atom. The summed E-state index contributed by atoms with van der Waals surface area (Å²) in [6.45, 7) is 4.13. The fourth-order valence-corrected chi connectivity index (χ4v) is 2.96. The molecule has 2 aliphatic heterocycles. The predicted octanol–water partition coefficient (Wildman–Crippen LogP) is 3.35. The van der Waals surface area contributed by atoms with E-state index in [2.05, 4.69) is 6.58 Å². The van der Waals surface area contributed by atoms with Crippen molar-refractivity contribution in [3.63, 3.8) is 0 Å². The van der Waals surface area contributed by atoms with Gasteiger partial charge >= 0.3 is 5.97 Å². The molecule has 2 aromatic carbocycles. The smallest absolute Gasteiger partial charge is 0.334 e. The van der Waals surface area contributed by atoms with Gasteiger partial charge in [0.2, 0.25) is 6.79 Å². The molecule has 22 heavy (non-hydrogen) atoms. The van der Waals surface area contributed by atoms with Crippen molar-refractivity contribution in [2.75, 3.05) is 6.79 Å². The molecular weight excluding hydrogens is 280 g/mol. The molecule has 1 fully saturated rings. The number of carbonyl (C=O) groups excluding carboxylic acids is 1. The van der Waals surface area contributed by atoms with Gasteiger partial charge in [0.25, 0.3) is 0 Å². The minimum absolute atomic E-state index is 0.186. The second-order valence-corrected chi connectivity index (χ2v) is 5.35. The van der Waals surface area contributed by atoms with Gasteiger partial charge in [0.15, 0.2) is 11.5 Å². The lowest BCUT2D eigenvalue weighted by Crippen LogP contribution is -2.07. The second kappa shape index (κ2) is 4.91. The molecule has 110 valence electrons. The third-order valence-corrected chi connectivity index (χ3v) is 4.06. The van der Waals surface area contributed by atoms with Crippen molar-refractivity contribution in [1.29, 1.82) is 0 Å². The lowest BCUT2D eigenvalue weighted by Gasteiger charge is -2.18. The maximum atomic E-state index is 12.0. The molecule has 4 heteroatoms. The number of cyclic esters (lactones) is 1. The summed E-state index contributed by atoms with van der Waals surface area (Å²) in [5, 5.41) is 0. The van der Waals surface area contributed by atoms with E-state index in [1.54, 1.807) is 0 Å². The highest BCUT2D eigenvalue weighted by Gasteiger charge is 2.40. The molecule has 4 rings (SSSR count). The van der Waals surface area contributed by atoms with Crippen molar-refractivity contribution >= 4 is 5.97 Å². The Bertz CT molecular complexity index is 751. The van der Waals surface area contributed by atoms with Gasteiger partial charge in [0.05, 0.1) is 5.92 Å². The molecule has 2 heterocycles. The lowest BCUT2D eigenvalue weighted by molar-refractivity contribution is -0.139. The zero-order valence-corrected chi connectivity index (χ0v) is 11.8. The van der Waals surface area contributed by atoms with Gasteiger partial charge in [-0.25, -0.2) is 4.79 Å². The molecule has 4 nitrogen and oxygen atoms in total. The van der Waals surface area contributed by atoms with Gasteiger partial charge in [-0.3, -0.25) is 0 Å². The summed E-state index contributed by atoms with van der Waals surface area (Å²) in [6, 6.07) is 15.4. The van der Waals surface area contributed by atoms with E-state index in [0.717, 1.165) is 11.1 Å². The molecule has 0 spiro atoms. The molecule has 2 atom stereocenters. The number of ether oxygens (including phenoxy) is 3. The Hall–Kier alpha value is -2.75. The van der Waals surface area contributed by atoms with E-state index < -0.39 is 6.10 Å². The summed E-state index contributed by atoms with van der Waals surface area (Å²) in [6.07, 6.45) is -0.392. The molecule has 2 aromatic rings. The fourth-order valence-electron chi connectivity index (χ4n) is 2.96. The van der Waals surface area contributed by atoms with Crippen LogP contribution in [0.3, 0.4) is 0 Å². The number of hydrogen-bond donors (Lipinski definition) is 0. The van der Waals surface area contributed by atoms with Gasteiger partial charge in [-0.05, 0) is 23.3 Å². The standard InChI is InChI=1S/C18H14O4/c1-11-16(12-5-3-2-4-6-12)17(22-18(11)19)13-7-8-14-15(9-13)21-10-20-14/h2-9,16-17H,1,10H2. The highest BCUT2D eigenvalue weighted by atomic mass is 16.7. The first kappa shape index (κ1) is 13.0.